The minimum Gasteiger partial charge on any atom is -0.463 e. The predicted octanol–water partition coefficient (Wildman–Crippen LogP) is 0.795. The molecule has 0 amide bonds. The molecule has 0 radical (unpaired) electrons. The SMILES string of the molecule is Nc1nc(OCCc2ccc3ccccc3c2)nc2c1ncn2C1O[C@@H](CO)[C@H](O)[C@@H]1O. The average molecular weight is 437 g/mol. The molecule has 1 fully saturated rings. The minimum absolute atomic E-state index is 0.0734. The maximum Gasteiger partial charge on any atom is 0.320 e. The lowest BCUT2D eigenvalue weighted by atomic mass is 10.1. The van der Waals surface area contributed by atoms with E-state index in [1.165, 1.54) is 16.3 Å². The number of ether oxygens (including phenoxy) is 2. The maximum atomic E-state index is 10.3. The summed E-state index contributed by atoms with van der Waals surface area (Å²) in [5.41, 5.74) is 7.77. The third-order valence-electron chi connectivity index (χ3n) is 5.65. The Labute approximate surface area is 182 Å². The van der Waals surface area contributed by atoms with Crippen molar-refractivity contribution in [3.63, 3.8) is 0 Å². The number of aliphatic hydroxyl groups is 3. The number of nitrogen functional groups attached to an aromatic ring is 1. The maximum absolute atomic E-state index is 10.3. The topological polar surface area (TPSA) is 149 Å². The lowest BCUT2D eigenvalue weighted by Crippen LogP contribution is -2.33. The van der Waals surface area contributed by atoms with Gasteiger partial charge in [-0.05, 0) is 16.3 Å². The Bertz CT molecular complexity index is 1260. The molecule has 5 N–H and O–H groups in total. The molecule has 10 nitrogen and oxygen atoms in total. The fourth-order valence-electron chi connectivity index (χ4n) is 3.93. The summed E-state index contributed by atoms with van der Waals surface area (Å²) in [5.74, 6) is 0.126. The quantitative estimate of drug-likeness (QED) is 0.343. The van der Waals surface area contributed by atoms with Gasteiger partial charge in [-0.1, -0.05) is 42.5 Å². The van der Waals surface area contributed by atoms with Crippen LogP contribution in [-0.4, -0.2) is 66.4 Å². The van der Waals surface area contributed by atoms with Gasteiger partial charge in [0, 0.05) is 6.42 Å². The summed E-state index contributed by atoms with van der Waals surface area (Å²) in [6.45, 7) is -0.0904. The van der Waals surface area contributed by atoms with Crippen LogP contribution >= 0.6 is 0 Å². The number of hydrogen-bond donors (Lipinski definition) is 4. The Morgan fingerprint density at radius 1 is 1.06 bits per heavy atom. The minimum atomic E-state index is -1.27. The molecule has 4 aromatic rings. The second kappa shape index (κ2) is 8.32. The number of benzene rings is 2. The normalized spacial score (nSPS) is 23.2. The highest BCUT2D eigenvalue weighted by atomic mass is 16.6. The number of nitrogens with zero attached hydrogens (tertiary/aromatic N) is 4. The molecule has 2 aromatic carbocycles. The number of anilines is 1. The highest BCUT2D eigenvalue weighted by molar-refractivity contribution is 5.83. The van der Waals surface area contributed by atoms with Crippen LogP contribution in [0.2, 0.25) is 0 Å². The molecule has 5 rings (SSSR count). The van der Waals surface area contributed by atoms with Gasteiger partial charge in [0.2, 0.25) is 0 Å². The molecule has 3 heterocycles. The van der Waals surface area contributed by atoms with Gasteiger partial charge in [0.1, 0.15) is 18.3 Å². The zero-order valence-electron chi connectivity index (χ0n) is 17.1. The molecule has 166 valence electrons. The molecule has 1 aliphatic rings. The molecule has 0 bridgehead atoms. The molecular formula is C22H23N5O5. The number of hydrogen-bond acceptors (Lipinski definition) is 9. The zero-order chi connectivity index (χ0) is 22.2. The van der Waals surface area contributed by atoms with Gasteiger partial charge in [0.05, 0.1) is 19.5 Å². The zero-order valence-corrected chi connectivity index (χ0v) is 17.1. The molecule has 0 aliphatic carbocycles. The first kappa shape index (κ1) is 20.6. The van der Waals surface area contributed by atoms with E-state index in [0.29, 0.717) is 24.2 Å². The van der Waals surface area contributed by atoms with Crippen molar-refractivity contribution in [2.45, 2.75) is 31.0 Å². The Kier molecular flexibility index (Phi) is 5.35. The summed E-state index contributed by atoms with van der Waals surface area (Å²) < 4.78 is 12.8. The van der Waals surface area contributed by atoms with Crippen LogP contribution in [0, 0.1) is 0 Å². The van der Waals surface area contributed by atoms with E-state index in [2.05, 4.69) is 45.3 Å². The van der Waals surface area contributed by atoms with Crippen LogP contribution in [-0.2, 0) is 11.2 Å². The fraction of sp³-hybridized carbons (Fsp3) is 0.318. The molecular weight excluding hydrogens is 414 g/mol. The van der Waals surface area contributed by atoms with Crippen molar-refractivity contribution in [2.24, 2.45) is 0 Å². The van der Waals surface area contributed by atoms with E-state index >= 15 is 0 Å². The molecule has 1 saturated heterocycles. The van der Waals surface area contributed by atoms with Crippen LogP contribution in [0.15, 0.2) is 48.8 Å². The van der Waals surface area contributed by atoms with Crippen LogP contribution in [0.4, 0.5) is 5.82 Å². The van der Waals surface area contributed by atoms with Crippen LogP contribution < -0.4 is 10.5 Å². The van der Waals surface area contributed by atoms with Crippen LogP contribution in [0.25, 0.3) is 21.9 Å². The molecule has 1 aliphatic heterocycles. The van der Waals surface area contributed by atoms with Crippen LogP contribution in [0.3, 0.4) is 0 Å². The number of nitrogens with two attached hydrogens (primary N) is 1. The van der Waals surface area contributed by atoms with E-state index < -0.39 is 31.1 Å². The molecule has 0 spiro atoms. The predicted molar refractivity (Wildman–Crippen MR) is 116 cm³/mol. The van der Waals surface area contributed by atoms with Crippen molar-refractivity contribution in [1.29, 1.82) is 0 Å². The monoisotopic (exact) mass is 437 g/mol. The lowest BCUT2D eigenvalue weighted by Gasteiger charge is -2.16. The van der Waals surface area contributed by atoms with Crippen molar-refractivity contribution in [2.75, 3.05) is 18.9 Å². The van der Waals surface area contributed by atoms with Crippen molar-refractivity contribution >= 4 is 27.8 Å². The Hall–Kier alpha value is -3.31. The van der Waals surface area contributed by atoms with E-state index in [1.807, 2.05) is 12.1 Å². The van der Waals surface area contributed by atoms with Gasteiger partial charge in [-0.25, -0.2) is 4.98 Å². The summed E-state index contributed by atoms with van der Waals surface area (Å²) >= 11 is 0. The van der Waals surface area contributed by atoms with Gasteiger partial charge in [-0.15, -0.1) is 0 Å². The number of aromatic nitrogens is 4. The van der Waals surface area contributed by atoms with Crippen LogP contribution in [0.5, 0.6) is 6.01 Å². The van der Waals surface area contributed by atoms with Gasteiger partial charge < -0.3 is 30.5 Å². The summed E-state index contributed by atoms with van der Waals surface area (Å²) in [6, 6.07) is 14.5. The van der Waals surface area contributed by atoms with Gasteiger partial charge >= 0.3 is 6.01 Å². The summed E-state index contributed by atoms with van der Waals surface area (Å²) in [4.78, 5) is 12.7. The molecule has 2 aromatic heterocycles. The largest absolute Gasteiger partial charge is 0.463 e. The first-order chi connectivity index (χ1) is 15.5. The first-order valence-corrected chi connectivity index (χ1v) is 10.3. The summed E-state index contributed by atoms with van der Waals surface area (Å²) in [7, 11) is 0. The van der Waals surface area contributed by atoms with Crippen molar-refractivity contribution in [3.8, 4) is 6.01 Å². The molecule has 4 atom stereocenters. The van der Waals surface area contributed by atoms with Gasteiger partial charge in [0.15, 0.2) is 23.2 Å². The third-order valence-corrected chi connectivity index (χ3v) is 5.65. The molecule has 0 saturated carbocycles. The Morgan fingerprint density at radius 3 is 2.66 bits per heavy atom. The van der Waals surface area contributed by atoms with Gasteiger partial charge in [-0.3, -0.25) is 4.57 Å². The van der Waals surface area contributed by atoms with E-state index in [-0.39, 0.29) is 11.8 Å². The highest BCUT2D eigenvalue weighted by Gasteiger charge is 2.44. The van der Waals surface area contributed by atoms with Crippen molar-refractivity contribution < 1.29 is 24.8 Å². The van der Waals surface area contributed by atoms with Gasteiger partial charge in [-0.2, -0.15) is 9.97 Å². The molecule has 1 unspecified atom stereocenters. The average Bonchev–Trinajstić information content (AvgIpc) is 3.35. The van der Waals surface area contributed by atoms with E-state index in [4.69, 9.17) is 15.2 Å². The summed E-state index contributed by atoms with van der Waals surface area (Å²) in [5, 5.41) is 32.1. The number of rotatable bonds is 6. The third kappa shape index (κ3) is 3.63. The smallest absolute Gasteiger partial charge is 0.320 e. The lowest BCUT2D eigenvalue weighted by molar-refractivity contribution is -0.0511. The second-order valence-corrected chi connectivity index (χ2v) is 7.72. The molecule has 32 heavy (non-hydrogen) atoms. The van der Waals surface area contributed by atoms with E-state index in [0.717, 1.165) is 10.9 Å². The number of fused-ring (bicyclic) bond motifs is 2. The van der Waals surface area contributed by atoms with E-state index in [9.17, 15) is 15.3 Å². The van der Waals surface area contributed by atoms with E-state index in [1.54, 1.807) is 0 Å². The Morgan fingerprint density at radius 2 is 1.88 bits per heavy atom. The van der Waals surface area contributed by atoms with Gasteiger partial charge in [0.25, 0.3) is 0 Å². The highest BCUT2D eigenvalue weighted by Crippen LogP contribution is 2.32. The second-order valence-electron chi connectivity index (χ2n) is 7.72. The fourth-order valence-corrected chi connectivity index (χ4v) is 3.93. The standard InChI is InChI=1S/C22H23N5O5/c23-19-16-20(27(11-24-16)21-18(30)17(29)15(10-28)32-21)26-22(25-19)31-8-7-12-5-6-13-3-1-2-4-14(13)9-12/h1-6,9,11,15,17-18,21,28-30H,7-8,10H2,(H2,23,25,26)/t15-,17-,18-,21?/m0/s1. The Balaban J connectivity index is 1.35. The number of aliphatic hydroxyl groups excluding tert-OH is 3. The van der Waals surface area contributed by atoms with Crippen molar-refractivity contribution in [1.82, 2.24) is 19.5 Å². The summed E-state index contributed by atoms with van der Waals surface area (Å²) in [6.07, 6.45) is -2.34. The first-order valence-electron chi connectivity index (χ1n) is 10.3. The van der Waals surface area contributed by atoms with Crippen LogP contribution in [0.1, 0.15) is 11.8 Å². The number of imidazole rings is 1. The van der Waals surface area contributed by atoms with Crippen molar-refractivity contribution in [3.05, 3.63) is 54.4 Å². The molecule has 10 heteroatoms.